The zero-order valence-electron chi connectivity index (χ0n) is 21.7. The van der Waals surface area contributed by atoms with Gasteiger partial charge in [0.25, 0.3) is 0 Å². The molecule has 190 valence electrons. The maximum absolute atomic E-state index is 6.39. The summed E-state index contributed by atoms with van der Waals surface area (Å²) in [6.07, 6.45) is 10.4. The van der Waals surface area contributed by atoms with Crippen molar-refractivity contribution >= 4 is 34.7 Å². The van der Waals surface area contributed by atoms with Crippen molar-refractivity contribution in [3.63, 3.8) is 0 Å². The van der Waals surface area contributed by atoms with Crippen molar-refractivity contribution < 1.29 is 9.47 Å². The van der Waals surface area contributed by atoms with Crippen LogP contribution >= 0.6 is 24.0 Å². The minimum atomic E-state index is -0.426. The Labute approximate surface area is 221 Å². The standard InChI is InChI=1S/C29H40N2O2S2/c1-29(28(34)31(3)25-15-9-10-16-27(25)35-29)24-21-23(32-4)17-18-26(24)33-20-12-6-11-19-30(2)22-13-7-5-8-14-22/h9-10,15-18,21-22H,5-8,11-14,19-20H2,1-4H3. The molecular formula is C29H40N2O2S2. The van der Waals surface area contributed by atoms with E-state index in [1.807, 2.05) is 12.1 Å². The Morgan fingerprint density at radius 1 is 1.09 bits per heavy atom. The van der Waals surface area contributed by atoms with Gasteiger partial charge in [0.2, 0.25) is 0 Å². The minimum Gasteiger partial charge on any atom is -0.497 e. The Morgan fingerprint density at radius 2 is 1.86 bits per heavy atom. The number of para-hydroxylation sites is 1. The summed E-state index contributed by atoms with van der Waals surface area (Å²) in [4.78, 5) is 6.82. The Morgan fingerprint density at radius 3 is 2.63 bits per heavy atom. The van der Waals surface area contributed by atoms with Crippen molar-refractivity contribution in [2.24, 2.45) is 0 Å². The van der Waals surface area contributed by atoms with Gasteiger partial charge in [0.05, 0.1) is 24.2 Å². The zero-order chi connectivity index (χ0) is 24.8. The maximum atomic E-state index is 6.39. The molecule has 4 nitrogen and oxygen atoms in total. The molecular weight excluding hydrogens is 472 g/mol. The lowest BCUT2D eigenvalue weighted by Crippen LogP contribution is -2.43. The topological polar surface area (TPSA) is 24.9 Å². The second kappa shape index (κ2) is 12.0. The highest BCUT2D eigenvalue weighted by molar-refractivity contribution is 8.02. The molecule has 0 N–H and O–H groups in total. The third-order valence-electron chi connectivity index (χ3n) is 7.56. The number of nitrogens with zero attached hydrogens (tertiary/aromatic N) is 2. The Hall–Kier alpha value is -1.76. The molecule has 1 saturated carbocycles. The maximum Gasteiger partial charge on any atom is 0.124 e. The van der Waals surface area contributed by atoms with Gasteiger partial charge < -0.3 is 19.3 Å². The Bertz CT molecular complexity index is 1010. The number of fused-ring (bicyclic) bond motifs is 1. The van der Waals surface area contributed by atoms with Gasteiger partial charge in [-0.05, 0) is 83.0 Å². The van der Waals surface area contributed by atoms with E-state index in [0.29, 0.717) is 6.61 Å². The van der Waals surface area contributed by atoms with Gasteiger partial charge in [-0.2, -0.15) is 0 Å². The summed E-state index contributed by atoms with van der Waals surface area (Å²) in [5.74, 6) is 1.72. The largest absolute Gasteiger partial charge is 0.497 e. The molecule has 1 aliphatic heterocycles. The van der Waals surface area contributed by atoms with Gasteiger partial charge in [-0.3, -0.25) is 0 Å². The van der Waals surface area contributed by atoms with Crippen molar-refractivity contribution in [1.82, 2.24) is 4.90 Å². The second-order valence-electron chi connectivity index (χ2n) is 10.0. The number of thiocarbonyl (C=S) groups is 1. The molecule has 6 heteroatoms. The molecule has 4 rings (SSSR count). The van der Waals surface area contributed by atoms with E-state index in [0.717, 1.165) is 40.2 Å². The average molecular weight is 513 g/mol. The van der Waals surface area contributed by atoms with E-state index in [4.69, 9.17) is 21.7 Å². The third-order valence-corrected chi connectivity index (χ3v) is 9.76. The number of thioether (sulfide) groups is 1. The number of methoxy groups -OCH3 is 1. The fraction of sp³-hybridized carbons (Fsp3) is 0.552. The van der Waals surface area contributed by atoms with Crippen molar-refractivity contribution in [3.8, 4) is 11.5 Å². The molecule has 0 radical (unpaired) electrons. The predicted octanol–water partition coefficient (Wildman–Crippen LogP) is 7.29. The van der Waals surface area contributed by atoms with Crippen LogP contribution in [0.5, 0.6) is 11.5 Å². The monoisotopic (exact) mass is 512 g/mol. The van der Waals surface area contributed by atoms with E-state index in [1.54, 1.807) is 18.9 Å². The van der Waals surface area contributed by atoms with E-state index in [-0.39, 0.29) is 0 Å². The molecule has 0 spiro atoms. The van der Waals surface area contributed by atoms with Gasteiger partial charge in [-0.1, -0.05) is 43.6 Å². The van der Waals surface area contributed by atoms with Crippen LogP contribution in [-0.2, 0) is 4.75 Å². The fourth-order valence-electron chi connectivity index (χ4n) is 5.35. The molecule has 0 amide bonds. The second-order valence-corrected chi connectivity index (χ2v) is 11.9. The molecule has 1 fully saturated rings. The Balaban J connectivity index is 1.39. The first-order chi connectivity index (χ1) is 16.9. The van der Waals surface area contributed by atoms with E-state index in [9.17, 15) is 0 Å². The van der Waals surface area contributed by atoms with E-state index >= 15 is 0 Å². The number of hydrogen-bond donors (Lipinski definition) is 0. The van der Waals surface area contributed by atoms with Crippen LogP contribution in [0.15, 0.2) is 47.4 Å². The zero-order valence-corrected chi connectivity index (χ0v) is 23.4. The summed E-state index contributed by atoms with van der Waals surface area (Å²) in [5, 5.41) is 0. The van der Waals surface area contributed by atoms with Crippen LogP contribution < -0.4 is 14.4 Å². The highest BCUT2D eigenvalue weighted by Gasteiger charge is 2.42. The lowest BCUT2D eigenvalue weighted by atomic mass is 9.94. The molecule has 1 atom stereocenters. The number of likely N-dealkylation sites (N-methyl/N-ethyl adjacent to an activating group) is 1. The van der Waals surface area contributed by atoms with Crippen LogP contribution in [0.3, 0.4) is 0 Å². The molecule has 0 saturated heterocycles. The molecule has 0 aromatic heterocycles. The molecule has 35 heavy (non-hydrogen) atoms. The summed E-state index contributed by atoms with van der Waals surface area (Å²) in [5.41, 5.74) is 2.23. The van der Waals surface area contributed by atoms with Crippen LogP contribution in [0, 0.1) is 0 Å². The quantitative estimate of drug-likeness (QED) is 0.245. The van der Waals surface area contributed by atoms with Crippen LogP contribution in [0.1, 0.15) is 63.9 Å². The van der Waals surface area contributed by atoms with Gasteiger partial charge in [-0.25, -0.2) is 0 Å². The molecule has 2 aliphatic rings. The van der Waals surface area contributed by atoms with Crippen LogP contribution in [0.4, 0.5) is 5.69 Å². The normalized spacial score (nSPS) is 20.7. The summed E-state index contributed by atoms with van der Waals surface area (Å²) in [7, 11) is 6.07. The number of ether oxygens (including phenoxy) is 2. The lowest BCUT2D eigenvalue weighted by Gasteiger charge is -2.41. The summed E-state index contributed by atoms with van der Waals surface area (Å²) in [6.45, 7) is 4.11. The van der Waals surface area contributed by atoms with Crippen LogP contribution in [0.25, 0.3) is 0 Å². The van der Waals surface area contributed by atoms with E-state index in [1.165, 1.54) is 56.4 Å². The van der Waals surface area contributed by atoms with Crippen molar-refractivity contribution in [2.45, 2.75) is 74.0 Å². The Kier molecular flexibility index (Phi) is 9.01. The number of benzene rings is 2. The highest BCUT2D eigenvalue weighted by atomic mass is 32.2. The molecule has 2 aromatic rings. The molecule has 1 aliphatic carbocycles. The molecule has 1 heterocycles. The third kappa shape index (κ3) is 5.98. The number of rotatable bonds is 10. The molecule has 0 bridgehead atoms. The predicted molar refractivity (Wildman–Crippen MR) is 152 cm³/mol. The first kappa shape index (κ1) is 26.3. The van der Waals surface area contributed by atoms with Gasteiger partial charge in [-0.15, -0.1) is 11.8 Å². The van der Waals surface area contributed by atoms with E-state index in [2.05, 4.69) is 61.2 Å². The molecule has 1 unspecified atom stereocenters. The van der Waals surface area contributed by atoms with Gasteiger partial charge in [0.15, 0.2) is 0 Å². The van der Waals surface area contributed by atoms with Crippen molar-refractivity contribution in [1.29, 1.82) is 0 Å². The summed E-state index contributed by atoms with van der Waals surface area (Å²) < 4.78 is 11.5. The molecule has 2 aromatic carbocycles. The number of hydrogen-bond acceptors (Lipinski definition) is 5. The summed E-state index contributed by atoms with van der Waals surface area (Å²) >= 11 is 7.81. The fourth-order valence-corrected chi connectivity index (χ4v) is 7.07. The van der Waals surface area contributed by atoms with Crippen molar-refractivity contribution in [2.75, 3.05) is 39.3 Å². The number of anilines is 1. The minimum absolute atomic E-state index is 0.426. The first-order valence-corrected chi connectivity index (χ1v) is 14.2. The SMILES string of the molecule is COc1ccc(OCCCCCN(C)C2CCCCC2)c(C2(C)Sc3ccccc3N(C)C2=S)c1. The van der Waals surface area contributed by atoms with E-state index < -0.39 is 4.75 Å². The van der Waals surface area contributed by atoms with Crippen molar-refractivity contribution in [3.05, 3.63) is 48.0 Å². The lowest BCUT2D eigenvalue weighted by molar-refractivity contribution is 0.187. The van der Waals surface area contributed by atoms with Gasteiger partial charge in [0.1, 0.15) is 16.5 Å². The summed E-state index contributed by atoms with van der Waals surface area (Å²) in [6, 6.07) is 15.4. The first-order valence-electron chi connectivity index (χ1n) is 13.0. The van der Waals surface area contributed by atoms with Gasteiger partial charge in [0, 0.05) is 23.5 Å². The van der Waals surface area contributed by atoms with Crippen LogP contribution in [0.2, 0.25) is 0 Å². The van der Waals surface area contributed by atoms with Crippen LogP contribution in [-0.4, -0.2) is 50.3 Å². The number of unbranched alkanes of at least 4 members (excludes halogenated alkanes) is 2. The smallest absolute Gasteiger partial charge is 0.124 e. The highest BCUT2D eigenvalue weighted by Crippen LogP contribution is 2.53. The average Bonchev–Trinajstić information content (AvgIpc) is 2.89. The van der Waals surface area contributed by atoms with Gasteiger partial charge >= 0.3 is 0 Å².